The fourth-order valence-corrected chi connectivity index (χ4v) is 3.09. The third kappa shape index (κ3) is 4.93. The van der Waals surface area contributed by atoms with Gasteiger partial charge < -0.3 is 9.80 Å². The van der Waals surface area contributed by atoms with Gasteiger partial charge in [-0.25, -0.2) is 9.97 Å². The predicted molar refractivity (Wildman–Crippen MR) is 112 cm³/mol. The van der Waals surface area contributed by atoms with Crippen LogP contribution in [0.5, 0.6) is 0 Å². The molecular weight excluding hydrogens is 423 g/mol. The minimum absolute atomic E-state index is 0.0830. The van der Waals surface area contributed by atoms with Crippen molar-refractivity contribution in [3.8, 4) is 5.69 Å². The summed E-state index contributed by atoms with van der Waals surface area (Å²) in [7, 11) is 1.61. The van der Waals surface area contributed by atoms with Gasteiger partial charge in [0, 0.05) is 31.7 Å². The Bertz CT molecular complexity index is 1100. The van der Waals surface area contributed by atoms with Gasteiger partial charge in [0.05, 0.1) is 35.8 Å². The Morgan fingerprint density at radius 3 is 2.34 bits per heavy atom. The van der Waals surface area contributed by atoms with Gasteiger partial charge in [0.1, 0.15) is 0 Å². The number of amides is 1. The zero-order valence-electron chi connectivity index (χ0n) is 17.8. The van der Waals surface area contributed by atoms with E-state index in [0.29, 0.717) is 23.5 Å². The van der Waals surface area contributed by atoms with Crippen LogP contribution in [0.25, 0.3) is 5.69 Å². The van der Waals surface area contributed by atoms with Crippen LogP contribution in [0.4, 0.5) is 19.1 Å². The summed E-state index contributed by atoms with van der Waals surface area (Å²) >= 11 is 0. The molecule has 0 atom stereocenters. The molecule has 0 fully saturated rings. The van der Waals surface area contributed by atoms with Crippen molar-refractivity contribution in [2.24, 2.45) is 0 Å². The SMILES string of the molecule is C=C(CN(C)c1ncc(C(F)(F)F)cn1)N(CC)C(=O)c1cc(C)ccc1-n1nccn1. The Balaban J connectivity index is 1.80. The first-order valence-corrected chi connectivity index (χ1v) is 9.69. The zero-order chi connectivity index (χ0) is 23.5. The van der Waals surface area contributed by atoms with Crippen molar-refractivity contribution < 1.29 is 18.0 Å². The molecule has 0 aliphatic heterocycles. The van der Waals surface area contributed by atoms with Crippen LogP contribution in [-0.4, -0.2) is 55.9 Å². The molecule has 1 amide bonds. The number of anilines is 1. The molecule has 2 heterocycles. The first kappa shape index (κ1) is 22.9. The lowest BCUT2D eigenvalue weighted by Crippen LogP contribution is -2.36. The van der Waals surface area contributed by atoms with Crippen molar-refractivity contribution >= 4 is 11.9 Å². The van der Waals surface area contributed by atoms with E-state index in [1.165, 1.54) is 27.0 Å². The standard InChI is InChI=1S/C21H22F3N7O/c1-5-30(15(3)13-29(4)20-25-11-16(12-26-20)21(22,23)24)19(32)17-10-14(2)6-7-18(17)31-27-8-9-28-31/h6-12H,3,5,13H2,1-2,4H3. The van der Waals surface area contributed by atoms with Crippen molar-refractivity contribution in [2.45, 2.75) is 20.0 Å². The summed E-state index contributed by atoms with van der Waals surface area (Å²) in [6, 6.07) is 5.37. The van der Waals surface area contributed by atoms with E-state index in [2.05, 4.69) is 26.7 Å². The van der Waals surface area contributed by atoms with Crippen LogP contribution in [0.15, 0.2) is 55.3 Å². The van der Waals surface area contributed by atoms with Gasteiger partial charge in [-0.1, -0.05) is 18.2 Å². The first-order valence-electron chi connectivity index (χ1n) is 9.69. The number of halogens is 3. The van der Waals surface area contributed by atoms with Crippen LogP contribution in [0.2, 0.25) is 0 Å². The molecule has 0 aliphatic carbocycles. The fraction of sp³-hybridized carbons (Fsp3) is 0.286. The highest BCUT2D eigenvalue weighted by atomic mass is 19.4. The van der Waals surface area contributed by atoms with E-state index in [0.717, 1.165) is 18.0 Å². The maximum atomic E-state index is 13.4. The summed E-state index contributed by atoms with van der Waals surface area (Å²) in [5.74, 6) is -0.213. The molecule has 168 valence electrons. The van der Waals surface area contributed by atoms with Crippen LogP contribution in [0.3, 0.4) is 0 Å². The van der Waals surface area contributed by atoms with Crippen LogP contribution >= 0.6 is 0 Å². The second-order valence-corrected chi connectivity index (χ2v) is 7.08. The quantitative estimate of drug-likeness (QED) is 0.554. The minimum atomic E-state index is -4.51. The minimum Gasteiger partial charge on any atom is -0.338 e. The maximum Gasteiger partial charge on any atom is 0.419 e. The summed E-state index contributed by atoms with van der Waals surface area (Å²) < 4.78 is 38.2. The van der Waals surface area contributed by atoms with Gasteiger partial charge in [-0.2, -0.15) is 28.2 Å². The molecule has 0 radical (unpaired) electrons. The lowest BCUT2D eigenvalue weighted by molar-refractivity contribution is -0.138. The number of hydrogen-bond donors (Lipinski definition) is 0. The number of nitrogens with zero attached hydrogens (tertiary/aromatic N) is 7. The lowest BCUT2D eigenvalue weighted by atomic mass is 10.1. The highest BCUT2D eigenvalue weighted by molar-refractivity contribution is 5.99. The number of aromatic nitrogens is 5. The van der Waals surface area contributed by atoms with Gasteiger partial charge in [0.2, 0.25) is 5.95 Å². The van der Waals surface area contributed by atoms with Crippen LogP contribution in [0, 0.1) is 6.92 Å². The Morgan fingerprint density at radius 1 is 1.16 bits per heavy atom. The summed E-state index contributed by atoms with van der Waals surface area (Å²) in [4.78, 5) is 25.3. The smallest absolute Gasteiger partial charge is 0.338 e. The molecule has 0 saturated heterocycles. The number of hydrogen-bond acceptors (Lipinski definition) is 6. The summed E-state index contributed by atoms with van der Waals surface area (Å²) in [6.07, 6.45) is -0.0325. The van der Waals surface area contributed by atoms with Gasteiger partial charge >= 0.3 is 6.18 Å². The second-order valence-electron chi connectivity index (χ2n) is 7.08. The topological polar surface area (TPSA) is 80.0 Å². The predicted octanol–water partition coefficient (Wildman–Crippen LogP) is 3.50. The summed E-state index contributed by atoms with van der Waals surface area (Å²) in [6.45, 7) is 8.14. The normalized spacial score (nSPS) is 11.3. The maximum absolute atomic E-state index is 13.4. The molecule has 2 aromatic heterocycles. The van der Waals surface area contributed by atoms with Crippen LogP contribution in [-0.2, 0) is 6.18 Å². The molecule has 8 nitrogen and oxygen atoms in total. The summed E-state index contributed by atoms with van der Waals surface area (Å²) in [5.41, 5.74) is 1.32. The fourth-order valence-electron chi connectivity index (χ4n) is 3.09. The van der Waals surface area contributed by atoms with E-state index in [9.17, 15) is 18.0 Å². The monoisotopic (exact) mass is 445 g/mol. The zero-order valence-corrected chi connectivity index (χ0v) is 17.8. The van der Waals surface area contributed by atoms with E-state index < -0.39 is 11.7 Å². The largest absolute Gasteiger partial charge is 0.419 e. The van der Waals surface area contributed by atoms with Crippen LogP contribution in [0.1, 0.15) is 28.4 Å². The molecule has 0 bridgehead atoms. The molecule has 1 aromatic carbocycles. The Kier molecular flexibility index (Phi) is 6.56. The van der Waals surface area contributed by atoms with Gasteiger partial charge in [0.15, 0.2) is 0 Å². The average molecular weight is 445 g/mol. The van der Waals surface area contributed by atoms with E-state index in [1.54, 1.807) is 26.1 Å². The Hall–Kier alpha value is -3.76. The Labute approximate surface area is 183 Å². The molecule has 3 aromatic rings. The molecule has 0 unspecified atom stereocenters. The van der Waals surface area contributed by atoms with Crippen molar-refractivity contribution in [1.29, 1.82) is 0 Å². The number of aryl methyl sites for hydroxylation is 1. The summed E-state index contributed by atoms with van der Waals surface area (Å²) in [5, 5.41) is 8.22. The Morgan fingerprint density at radius 2 is 1.78 bits per heavy atom. The van der Waals surface area contributed by atoms with E-state index in [-0.39, 0.29) is 18.4 Å². The molecule has 0 aliphatic rings. The average Bonchev–Trinajstić information content (AvgIpc) is 3.28. The van der Waals surface area contributed by atoms with Gasteiger partial charge in [-0.15, -0.1) is 0 Å². The molecule has 0 spiro atoms. The number of carbonyl (C=O) groups is 1. The molecule has 0 N–H and O–H groups in total. The van der Waals surface area contributed by atoms with E-state index in [1.807, 2.05) is 13.0 Å². The molecule has 32 heavy (non-hydrogen) atoms. The molecule has 0 saturated carbocycles. The number of benzene rings is 1. The highest BCUT2D eigenvalue weighted by Gasteiger charge is 2.31. The van der Waals surface area contributed by atoms with E-state index >= 15 is 0 Å². The molecular formula is C21H22F3N7O. The van der Waals surface area contributed by atoms with Gasteiger partial charge in [-0.3, -0.25) is 4.79 Å². The van der Waals surface area contributed by atoms with Crippen molar-refractivity contribution in [3.05, 3.63) is 72.0 Å². The van der Waals surface area contributed by atoms with Crippen LogP contribution < -0.4 is 4.90 Å². The lowest BCUT2D eigenvalue weighted by Gasteiger charge is -2.27. The number of rotatable bonds is 7. The second kappa shape index (κ2) is 9.16. The number of alkyl halides is 3. The highest BCUT2D eigenvalue weighted by Crippen LogP contribution is 2.28. The van der Waals surface area contributed by atoms with Crippen molar-refractivity contribution in [3.63, 3.8) is 0 Å². The third-order valence-corrected chi connectivity index (χ3v) is 4.69. The first-order chi connectivity index (χ1) is 15.1. The molecule has 3 rings (SSSR count). The van der Waals surface area contributed by atoms with Crippen molar-refractivity contribution in [2.75, 3.05) is 25.0 Å². The van der Waals surface area contributed by atoms with Gasteiger partial charge in [-0.05, 0) is 26.0 Å². The third-order valence-electron chi connectivity index (χ3n) is 4.69. The number of carbonyl (C=O) groups excluding carboxylic acids is 1. The van der Waals surface area contributed by atoms with Crippen molar-refractivity contribution in [1.82, 2.24) is 29.9 Å². The number of likely N-dealkylation sites (N-methyl/N-ethyl adjacent to an activating group) is 2. The van der Waals surface area contributed by atoms with Gasteiger partial charge in [0.25, 0.3) is 5.91 Å². The van der Waals surface area contributed by atoms with E-state index in [4.69, 9.17) is 0 Å². The molecule has 11 heteroatoms.